The Balaban J connectivity index is 0.00000110. The summed E-state index contributed by atoms with van der Waals surface area (Å²) in [5, 5.41) is 0. The number of hydrogen-bond donors (Lipinski definition) is 0. The zero-order chi connectivity index (χ0) is 62.9. The van der Waals surface area contributed by atoms with Gasteiger partial charge in [0.05, 0.1) is 19.6 Å². The van der Waals surface area contributed by atoms with E-state index in [4.69, 9.17) is 18.9 Å². The van der Waals surface area contributed by atoms with Crippen LogP contribution in [0.4, 0.5) is 0 Å². The molecule has 0 aromatic heterocycles. The molecule has 0 fully saturated rings. The number of ether oxygens (including phenoxy) is 4. The van der Waals surface area contributed by atoms with Gasteiger partial charge in [-0.2, -0.15) is 0 Å². The van der Waals surface area contributed by atoms with Crippen molar-refractivity contribution in [3.05, 3.63) is 97.1 Å². The van der Waals surface area contributed by atoms with E-state index < -0.39 is 83.9 Å². The van der Waals surface area contributed by atoms with Crippen molar-refractivity contribution >= 4 is 64.3 Å². The standard InChI is InChI=1S/4C15H22O5S.Th/c4*1-2-3-4-5-6-7-12-15(16)20-13-10-8-9-11-14(13)21(17,18)19;/h4*8-11H,2-7,12H2,1H3,(H,17,18,19);/q;;;;+4/p-4. The van der Waals surface area contributed by atoms with Gasteiger partial charge < -0.3 is 37.2 Å². The maximum absolute atomic E-state index is 11.7. The first-order valence-corrected chi connectivity index (χ1v) is 34.5. The number of para-hydroxylation sites is 4. The fourth-order valence-corrected chi connectivity index (χ4v) is 10.3. The van der Waals surface area contributed by atoms with Gasteiger partial charge in [-0.15, -0.1) is 0 Å². The zero-order valence-corrected chi connectivity index (χ0v) is 56.7. The summed E-state index contributed by atoms with van der Waals surface area (Å²) < 4.78 is 153. The molecular weight excluding hydrogens is 1400 g/mol. The fourth-order valence-electron chi connectivity index (χ4n) is 7.86. The van der Waals surface area contributed by atoms with Gasteiger partial charge in [0.1, 0.15) is 63.5 Å². The number of rotatable bonds is 36. The van der Waals surface area contributed by atoms with Gasteiger partial charge in [-0.05, 0) is 74.2 Å². The van der Waals surface area contributed by atoms with Gasteiger partial charge in [-0.25, -0.2) is 33.7 Å². The van der Waals surface area contributed by atoms with Crippen molar-refractivity contribution in [3.63, 3.8) is 0 Å². The third-order valence-electron chi connectivity index (χ3n) is 12.3. The van der Waals surface area contributed by atoms with Gasteiger partial charge in [0.15, 0.2) is 0 Å². The Morgan fingerprint density at radius 1 is 0.282 bits per heavy atom. The molecule has 0 amide bonds. The first-order valence-electron chi connectivity index (χ1n) is 28.8. The molecule has 0 saturated carbocycles. The zero-order valence-electron chi connectivity index (χ0n) is 49.3. The molecule has 25 heteroatoms. The minimum atomic E-state index is -4.64. The van der Waals surface area contributed by atoms with Gasteiger partial charge in [0.2, 0.25) is 0 Å². The predicted molar refractivity (Wildman–Crippen MR) is 312 cm³/mol. The van der Waals surface area contributed by atoms with E-state index >= 15 is 0 Å². The third kappa shape index (κ3) is 38.6. The Morgan fingerprint density at radius 2 is 0.435 bits per heavy atom. The van der Waals surface area contributed by atoms with E-state index in [0.29, 0.717) is 25.7 Å². The van der Waals surface area contributed by atoms with E-state index in [0.717, 1.165) is 101 Å². The summed E-state index contributed by atoms with van der Waals surface area (Å²) in [6, 6.07) is 21.5. The van der Waals surface area contributed by atoms with E-state index in [2.05, 4.69) is 27.7 Å². The summed E-state index contributed by atoms with van der Waals surface area (Å²) in [7, 11) is -18.6. The van der Waals surface area contributed by atoms with E-state index in [-0.39, 0.29) is 88.6 Å². The maximum atomic E-state index is 11.7. The number of benzene rings is 4. The Hall–Kier alpha value is -4.28. The Labute approximate surface area is 537 Å². The van der Waals surface area contributed by atoms with Crippen molar-refractivity contribution in [1.29, 1.82) is 0 Å². The number of carbonyl (C=O) groups excluding carboxylic acids is 4. The van der Waals surface area contributed by atoms with Crippen LogP contribution in [0.3, 0.4) is 0 Å². The van der Waals surface area contributed by atoms with Crippen molar-refractivity contribution in [1.82, 2.24) is 0 Å². The molecule has 4 rings (SSSR count). The SMILES string of the molecule is CCCCCCCCC(=O)Oc1ccccc1S(=O)(=O)[O-].CCCCCCCCC(=O)Oc1ccccc1S(=O)(=O)[O-].CCCCCCCCC(=O)Oc1ccccc1S(=O)(=O)[O-].CCCCCCCCC(=O)Oc1ccccc1S(=O)(=O)[O-].[Th+4]. The minimum Gasteiger partial charge on any atom is -0.744 e. The van der Waals surface area contributed by atoms with Crippen molar-refractivity contribution in [3.8, 4) is 23.0 Å². The second-order valence-electron chi connectivity index (χ2n) is 19.6. The minimum absolute atomic E-state index is 0. The topological polar surface area (TPSA) is 334 Å². The average molecular weight is 1490 g/mol. The van der Waals surface area contributed by atoms with Crippen LogP contribution in [0.5, 0.6) is 23.0 Å². The average Bonchev–Trinajstić information content (AvgIpc) is 3.42. The smallest absolute Gasteiger partial charge is 0.744 e. The number of esters is 4. The van der Waals surface area contributed by atoms with Crippen LogP contribution in [-0.4, -0.2) is 75.8 Å². The normalized spacial score (nSPS) is 11.2. The first-order chi connectivity index (χ1) is 39.8. The number of carbonyl (C=O) groups is 4. The van der Waals surface area contributed by atoms with Crippen LogP contribution in [0.1, 0.15) is 207 Å². The van der Waals surface area contributed by atoms with Crippen molar-refractivity contribution in [2.45, 2.75) is 227 Å². The van der Waals surface area contributed by atoms with Gasteiger partial charge in [-0.3, -0.25) is 19.2 Å². The predicted octanol–water partition coefficient (Wildman–Crippen LogP) is 13.0. The maximum Gasteiger partial charge on any atom is 4.00 e. The van der Waals surface area contributed by atoms with Crippen LogP contribution in [0.15, 0.2) is 117 Å². The summed E-state index contributed by atoms with van der Waals surface area (Å²) in [5.41, 5.74) is 0. The van der Waals surface area contributed by atoms with Crippen molar-refractivity contribution < 1.29 is 130 Å². The Morgan fingerprint density at radius 3 is 0.600 bits per heavy atom. The molecular formula is C60H84O20S4Th. The summed E-state index contributed by atoms with van der Waals surface area (Å²) in [6.45, 7) is 8.55. The van der Waals surface area contributed by atoms with Gasteiger partial charge in [0.25, 0.3) is 0 Å². The first kappa shape index (κ1) is 80.7. The molecule has 0 heterocycles. The molecule has 0 radical (unpaired) electrons. The molecule has 4 aromatic rings. The molecule has 0 atom stereocenters. The van der Waals surface area contributed by atoms with Gasteiger partial charge in [-0.1, -0.05) is 205 Å². The molecule has 0 unspecified atom stereocenters. The summed E-state index contributed by atoms with van der Waals surface area (Å²) in [4.78, 5) is 44.7. The van der Waals surface area contributed by atoms with E-state index in [1.807, 2.05) is 0 Å². The van der Waals surface area contributed by atoms with Crippen LogP contribution in [-0.2, 0) is 59.7 Å². The molecule has 0 bridgehead atoms. The van der Waals surface area contributed by atoms with E-state index in [9.17, 15) is 71.1 Å². The summed E-state index contributed by atoms with van der Waals surface area (Å²) >= 11 is 0. The molecule has 85 heavy (non-hydrogen) atoms. The quantitative estimate of drug-likeness (QED) is 0.0177. The van der Waals surface area contributed by atoms with Crippen LogP contribution in [0.25, 0.3) is 0 Å². The molecule has 0 N–H and O–H groups in total. The number of hydrogen-bond acceptors (Lipinski definition) is 20. The molecule has 0 spiro atoms. The van der Waals surface area contributed by atoms with Crippen LogP contribution >= 0.6 is 0 Å². The number of unbranched alkanes of at least 4 members (excludes halogenated alkanes) is 20. The third-order valence-corrected chi connectivity index (χ3v) is 15.8. The fraction of sp³-hybridized carbons (Fsp3) is 0.533. The Kier molecular flexibility index (Phi) is 43.6. The second kappa shape index (κ2) is 45.9. The molecule has 0 aliphatic heterocycles. The Bertz CT molecular complexity index is 2620. The molecule has 0 aliphatic carbocycles. The molecule has 0 aliphatic rings. The van der Waals surface area contributed by atoms with Gasteiger partial charge in [0, 0.05) is 25.7 Å². The second-order valence-corrected chi connectivity index (χ2v) is 25.0. The van der Waals surface area contributed by atoms with Crippen molar-refractivity contribution in [2.75, 3.05) is 0 Å². The van der Waals surface area contributed by atoms with Crippen LogP contribution in [0.2, 0.25) is 0 Å². The molecule has 472 valence electrons. The van der Waals surface area contributed by atoms with Crippen LogP contribution in [0, 0.1) is 39.9 Å². The molecule has 20 nitrogen and oxygen atoms in total. The summed E-state index contributed by atoms with van der Waals surface area (Å²) in [5.74, 6) is -2.81. The van der Waals surface area contributed by atoms with Crippen LogP contribution < -0.4 is 18.9 Å². The monoisotopic (exact) mass is 1480 g/mol. The largest absolute Gasteiger partial charge is 4.00 e. The molecule has 4 aromatic carbocycles. The van der Waals surface area contributed by atoms with E-state index in [1.54, 1.807) is 0 Å². The van der Waals surface area contributed by atoms with Crippen molar-refractivity contribution in [2.24, 2.45) is 0 Å². The van der Waals surface area contributed by atoms with Gasteiger partial charge >= 0.3 is 63.8 Å². The molecule has 0 saturated heterocycles. The van der Waals surface area contributed by atoms with E-state index in [1.165, 1.54) is 124 Å². The summed E-state index contributed by atoms with van der Waals surface area (Å²) in [6.07, 6.45) is 25.8.